The third-order valence-corrected chi connectivity index (χ3v) is 4.91. The number of benzene rings is 1. The Bertz CT molecular complexity index is 593. The zero-order chi connectivity index (χ0) is 14.2. The fourth-order valence-electron chi connectivity index (χ4n) is 3.18. The van der Waals surface area contributed by atoms with E-state index in [0.29, 0.717) is 5.15 Å². The van der Waals surface area contributed by atoms with Crippen LogP contribution < -0.4 is 0 Å². The lowest BCUT2D eigenvalue weighted by Crippen LogP contribution is -2.27. The van der Waals surface area contributed by atoms with Gasteiger partial charge in [0, 0.05) is 11.3 Å². The van der Waals surface area contributed by atoms with Crippen LogP contribution in [0.15, 0.2) is 30.3 Å². The first-order valence-corrected chi connectivity index (χ1v) is 7.58. The van der Waals surface area contributed by atoms with Crippen molar-refractivity contribution in [2.75, 3.05) is 0 Å². The molecule has 2 aromatic rings. The highest BCUT2D eigenvalue weighted by Gasteiger charge is 2.40. The molecule has 0 amide bonds. The molecule has 2 nitrogen and oxygen atoms in total. The topological polar surface area (TPSA) is 25.8 Å². The number of nitrogens with zero attached hydrogens (tertiary/aromatic N) is 2. The quantitative estimate of drug-likeness (QED) is 0.754. The van der Waals surface area contributed by atoms with Crippen molar-refractivity contribution in [1.82, 2.24) is 9.97 Å². The van der Waals surface area contributed by atoms with Gasteiger partial charge in [0.25, 0.3) is 0 Å². The van der Waals surface area contributed by atoms with Crippen molar-refractivity contribution < 1.29 is 0 Å². The standard InChI is InChI=1S/C17H19ClN2/c1-12-13(2)19-16(20-15(12)18)17(10-6-7-11-17)14-8-4-3-5-9-14/h3-5,8-9H,6-7,10-11H2,1-2H3. The van der Waals surface area contributed by atoms with Gasteiger partial charge < -0.3 is 0 Å². The molecule has 3 rings (SSSR count). The molecular formula is C17H19ClN2. The molecule has 0 N–H and O–H groups in total. The van der Waals surface area contributed by atoms with Crippen LogP contribution in [0.25, 0.3) is 0 Å². The Hall–Kier alpha value is -1.41. The lowest BCUT2D eigenvalue weighted by atomic mass is 9.78. The fourth-order valence-corrected chi connectivity index (χ4v) is 3.40. The highest BCUT2D eigenvalue weighted by Crippen LogP contribution is 2.45. The molecule has 1 saturated carbocycles. The van der Waals surface area contributed by atoms with Crippen LogP contribution in [0.3, 0.4) is 0 Å². The molecule has 104 valence electrons. The Balaban J connectivity index is 2.17. The molecule has 0 saturated heterocycles. The van der Waals surface area contributed by atoms with Gasteiger partial charge in [-0.1, -0.05) is 54.8 Å². The zero-order valence-electron chi connectivity index (χ0n) is 12.0. The summed E-state index contributed by atoms with van der Waals surface area (Å²) in [5, 5.41) is 0.592. The van der Waals surface area contributed by atoms with E-state index in [9.17, 15) is 0 Å². The van der Waals surface area contributed by atoms with E-state index < -0.39 is 0 Å². The van der Waals surface area contributed by atoms with Crippen molar-refractivity contribution in [1.29, 1.82) is 0 Å². The number of halogens is 1. The first-order chi connectivity index (χ1) is 9.63. The molecule has 0 atom stereocenters. The van der Waals surface area contributed by atoms with Gasteiger partial charge in [-0.15, -0.1) is 0 Å². The van der Waals surface area contributed by atoms with E-state index in [1.807, 2.05) is 13.8 Å². The molecule has 3 heteroatoms. The summed E-state index contributed by atoms with van der Waals surface area (Å²) in [4.78, 5) is 9.39. The van der Waals surface area contributed by atoms with E-state index in [0.717, 1.165) is 29.9 Å². The SMILES string of the molecule is Cc1nc(C2(c3ccccc3)CCCC2)nc(Cl)c1C. The first-order valence-electron chi connectivity index (χ1n) is 7.20. The van der Waals surface area contributed by atoms with Crippen LogP contribution in [0, 0.1) is 13.8 Å². The smallest absolute Gasteiger partial charge is 0.140 e. The molecule has 1 aliphatic rings. The van der Waals surface area contributed by atoms with Gasteiger partial charge in [-0.05, 0) is 32.3 Å². The largest absolute Gasteiger partial charge is 0.237 e. The normalized spacial score (nSPS) is 17.4. The number of hydrogen-bond acceptors (Lipinski definition) is 2. The molecular weight excluding hydrogens is 268 g/mol. The second kappa shape index (κ2) is 5.17. The Morgan fingerprint density at radius 2 is 1.65 bits per heavy atom. The first kappa shape index (κ1) is 13.6. The van der Waals surface area contributed by atoms with Crippen LogP contribution in [0.4, 0.5) is 0 Å². The lowest BCUT2D eigenvalue weighted by molar-refractivity contribution is 0.497. The van der Waals surface area contributed by atoms with Crippen molar-refractivity contribution in [2.24, 2.45) is 0 Å². The van der Waals surface area contributed by atoms with E-state index in [2.05, 4.69) is 35.3 Å². The minimum atomic E-state index is -0.0522. The van der Waals surface area contributed by atoms with Gasteiger partial charge >= 0.3 is 0 Å². The van der Waals surface area contributed by atoms with Gasteiger partial charge in [0.2, 0.25) is 0 Å². The fraction of sp³-hybridized carbons (Fsp3) is 0.412. The zero-order valence-corrected chi connectivity index (χ0v) is 12.7. The van der Waals surface area contributed by atoms with Gasteiger partial charge in [-0.25, -0.2) is 9.97 Å². The van der Waals surface area contributed by atoms with E-state index in [4.69, 9.17) is 16.6 Å². The highest BCUT2D eigenvalue weighted by molar-refractivity contribution is 6.30. The summed E-state index contributed by atoms with van der Waals surface area (Å²) in [6.07, 6.45) is 4.66. The van der Waals surface area contributed by atoms with Crippen molar-refractivity contribution in [3.63, 3.8) is 0 Å². The van der Waals surface area contributed by atoms with Gasteiger partial charge in [-0.3, -0.25) is 0 Å². The van der Waals surface area contributed by atoms with Crippen LogP contribution in [0.2, 0.25) is 5.15 Å². The summed E-state index contributed by atoms with van der Waals surface area (Å²) in [6, 6.07) is 10.6. The Morgan fingerprint density at radius 3 is 2.25 bits per heavy atom. The predicted molar refractivity (Wildman–Crippen MR) is 82.2 cm³/mol. The average Bonchev–Trinajstić information content (AvgIpc) is 2.96. The van der Waals surface area contributed by atoms with Gasteiger partial charge in [0.15, 0.2) is 0 Å². The molecule has 1 aromatic carbocycles. The molecule has 1 fully saturated rings. The molecule has 0 aliphatic heterocycles. The number of aryl methyl sites for hydroxylation is 1. The van der Waals surface area contributed by atoms with Gasteiger partial charge in [0.1, 0.15) is 11.0 Å². The second-order valence-electron chi connectivity index (χ2n) is 5.70. The summed E-state index contributed by atoms with van der Waals surface area (Å²) >= 11 is 6.30. The third-order valence-electron chi connectivity index (χ3n) is 4.54. The molecule has 0 bridgehead atoms. The Labute approximate surface area is 125 Å². The summed E-state index contributed by atoms with van der Waals surface area (Å²) in [5.41, 5.74) is 3.24. The monoisotopic (exact) mass is 286 g/mol. The van der Waals surface area contributed by atoms with Crippen molar-refractivity contribution >= 4 is 11.6 Å². The molecule has 1 aliphatic carbocycles. The summed E-state index contributed by atoms with van der Waals surface area (Å²) < 4.78 is 0. The predicted octanol–water partition coefficient (Wildman–Crippen LogP) is 4.61. The summed E-state index contributed by atoms with van der Waals surface area (Å²) in [5.74, 6) is 0.898. The van der Waals surface area contributed by atoms with Gasteiger partial charge in [-0.2, -0.15) is 0 Å². The van der Waals surface area contributed by atoms with Crippen LogP contribution in [0.1, 0.15) is 48.3 Å². The minimum Gasteiger partial charge on any atom is -0.237 e. The number of rotatable bonds is 2. The maximum atomic E-state index is 6.30. The van der Waals surface area contributed by atoms with Crippen LogP contribution in [-0.2, 0) is 5.41 Å². The molecule has 0 unspecified atom stereocenters. The van der Waals surface area contributed by atoms with Crippen LogP contribution in [0.5, 0.6) is 0 Å². The van der Waals surface area contributed by atoms with E-state index in [1.165, 1.54) is 18.4 Å². The van der Waals surface area contributed by atoms with Crippen molar-refractivity contribution in [3.8, 4) is 0 Å². The van der Waals surface area contributed by atoms with E-state index in [1.54, 1.807) is 0 Å². The van der Waals surface area contributed by atoms with E-state index in [-0.39, 0.29) is 5.41 Å². The molecule has 1 aromatic heterocycles. The number of hydrogen-bond donors (Lipinski definition) is 0. The van der Waals surface area contributed by atoms with Crippen molar-refractivity contribution in [2.45, 2.75) is 44.9 Å². The summed E-state index contributed by atoms with van der Waals surface area (Å²) in [7, 11) is 0. The molecule has 0 spiro atoms. The van der Waals surface area contributed by atoms with Gasteiger partial charge in [0.05, 0.1) is 5.41 Å². The molecule has 20 heavy (non-hydrogen) atoms. The molecule has 0 radical (unpaired) electrons. The third kappa shape index (κ3) is 2.12. The Morgan fingerprint density at radius 1 is 1.00 bits per heavy atom. The van der Waals surface area contributed by atoms with E-state index >= 15 is 0 Å². The summed E-state index contributed by atoms with van der Waals surface area (Å²) in [6.45, 7) is 3.99. The lowest BCUT2D eigenvalue weighted by Gasteiger charge is -2.28. The average molecular weight is 287 g/mol. The maximum Gasteiger partial charge on any atom is 0.140 e. The number of aromatic nitrogens is 2. The van der Waals surface area contributed by atoms with Crippen LogP contribution in [-0.4, -0.2) is 9.97 Å². The minimum absolute atomic E-state index is 0.0522. The molecule has 1 heterocycles. The van der Waals surface area contributed by atoms with Crippen LogP contribution >= 0.6 is 11.6 Å². The Kier molecular flexibility index (Phi) is 3.51. The highest BCUT2D eigenvalue weighted by atomic mass is 35.5. The second-order valence-corrected chi connectivity index (χ2v) is 6.06. The van der Waals surface area contributed by atoms with Crippen molar-refractivity contribution in [3.05, 3.63) is 58.1 Å². The maximum absolute atomic E-state index is 6.30.